The summed E-state index contributed by atoms with van der Waals surface area (Å²) in [6, 6.07) is 5.81. The zero-order chi connectivity index (χ0) is 19.6. The molecule has 0 spiro atoms. The highest BCUT2D eigenvalue weighted by Crippen LogP contribution is 2.37. The topological polar surface area (TPSA) is 116 Å². The standard InChI is InChI=1S/C16H12Cl3N5O3/c17-9-4-11(19)13(5-10(9)18)23-16-8-3-14(24(25)26)15(27-2-1-20)6-12(8)21-7-22-16/h3-7H,1-2,20H2,(H,21,22,23). The number of benzene rings is 2. The van der Waals surface area contributed by atoms with Gasteiger partial charge in [-0.25, -0.2) is 9.97 Å². The van der Waals surface area contributed by atoms with Gasteiger partial charge in [-0.05, 0) is 12.1 Å². The fourth-order valence-corrected chi connectivity index (χ4v) is 2.94. The molecule has 3 rings (SSSR count). The van der Waals surface area contributed by atoms with Crippen molar-refractivity contribution in [1.82, 2.24) is 9.97 Å². The minimum Gasteiger partial charge on any atom is -0.485 e. The van der Waals surface area contributed by atoms with Crippen LogP contribution in [0, 0.1) is 10.1 Å². The van der Waals surface area contributed by atoms with Gasteiger partial charge in [-0.15, -0.1) is 0 Å². The number of rotatable bonds is 6. The molecule has 0 atom stereocenters. The highest BCUT2D eigenvalue weighted by atomic mass is 35.5. The molecule has 0 saturated carbocycles. The maximum absolute atomic E-state index is 11.4. The van der Waals surface area contributed by atoms with E-state index in [9.17, 15) is 10.1 Å². The van der Waals surface area contributed by atoms with Gasteiger partial charge in [0.05, 0.1) is 36.6 Å². The van der Waals surface area contributed by atoms with Gasteiger partial charge >= 0.3 is 5.69 Å². The Labute approximate surface area is 168 Å². The molecule has 1 heterocycles. The van der Waals surface area contributed by atoms with E-state index < -0.39 is 4.92 Å². The molecule has 0 aliphatic carbocycles. The van der Waals surface area contributed by atoms with Crippen LogP contribution < -0.4 is 15.8 Å². The minimum atomic E-state index is -0.547. The summed E-state index contributed by atoms with van der Waals surface area (Å²) in [6.45, 7) is 0.364. The Morgan fingerprint density at radius 2 is 1.85 bits per heavy atom. The number of nitro benzene ring substituents is 1. The second kappa shape index (κ2) is 8.10. The van der Waals surface area contributed by atoms with Gasteiger partial charge in [0.15, 0.2) is 5.75 Å². The zero-order valence-corrected chi connectivity index (χ0v) is 15.8. The highest BCUT2D eigenvalue weighted by molar-refractivity contribution is 6.44. The average molecular weight is 429 g/mol. The number of anilines is 2. The zero-order valence-electron chi connectivity index (χ0n) is 13.6. The van der Waals surface area contributed by atoms with Gasteiger partial charge in [0, 0.05) is 18.7 Å². The van der Waals surface area contributed by atoms with Gasteiger partial charge < -0.3 is 15.8 Å². The summed E-state index contributed by atoms with van der Waals surface area (Å²) in [5.41, 5.74) is 6.06. The summed E-state index contributed by atoms with van der Waals surface area (Å²) in [5.74, 6) is 0.393. The maximum Gasteiger partial charge on any atom is 0.311 e. The summed E-state index contributed by atoms with van der Waals surface area (Å²) in [7, 11) is 0. The molecule has 8 nitrogen and oxygen atoms in total. The average Bonchev–Trinajstić information content (AvgIpc) is 2.63. The number of nitrogens with zero attached hydrogens (tertiary/aromatic N) is 3. The predicted molar refractivity (Wildman–Crippen MR) is 105 cm³/mol. The van der Waals surface area contributed by atoms with E-state index in [0.29, 0.717) is 37.5 Å². The molecule has 2 aromatic carbocycles. The lowest BCUT2D eigenvalue weighted by Crippen LogP contribution is -2.11. The molecule has 1 aromatic heterocycles. The van der Waals surface area contributed by atoms with E-state index >= 15 is 0 Å². The van der Waals surface area contributed by atoms with Crippen molar-refractivity contribution in [3.05, 3.63) is 55.8 Å². The number of hydrogen-bond acceptors (Lipinski definition) is 7. The fraction of sp³-hybridized carbons (Fsp3) is 0.125. The number of aromatic nitrogens is 2. The number of nitrogens with one attached hydrogen (secondary N) is 1. The summed E-state index contributed by atoms with van der Waals surface area (Å²) in [4.78, 5) is 19.2. The lowest BCUT2D eigenvalue weighted by Gasteiger charge is -2.12. The van der Waals surface area contributed by atoms with Crippen LogP contribution in [0.3, 0.4) is 0 Å². The van der Waals surface area contributed by atoms with E-state index in [1.54, 1.807) is 0 Å². The van der Waals surface area contributed by atoms with Crippen LogP contribution in [0.4, 0.5) is 17.2 Å². The molecule has 3 N–H and O–H groups in total. The van der Waals surface area contributed by atoms with Crippen LogP contribution in [0.25, 0.3) is 10.9 Å². The summed E-state index contributed by atoms with van der Waals surface area (Å²) >= 11 is 18.1. The van der Waals surface area contributed by atoms with Crippen molar-refractivity contribution in [2.75, 3.05) is 18.5 Å². The van der Waals surface area contributed by atoms with E-state index in [-0.39, 0.29) is 24.6 Å². The first kappa shape index (κ1) is 19.4. The molecule has 27 heavy (non-hydrogen) atoms. The lowest BCUT2D eigenvalue weighted by molar-refractivity contribution is -0.385. The predicted octanol–water partition coefficient (Wildman–Crippen LogP) is 4.58. The number of halogens is 3. The molecular weight excluding hydrogens is 417 g/mol. The number of hydrogen-bond donors (Lipinski definition) is 2. The molecule has 0 saturated heterocycles. The van der Waals surface area contributed by atoms with Crippen molar-refractivity contribution in [3.8, 4) is 5.75 Å². The minimum absolute atomic E-state index is 0.0789. The van der Waals surface area contributed by atoms with Crippen LogP contribution in [0.15, 0.2) is 30.6 Å². The third-order valence-corrected chi connectivity index (χ3v) is 4.59. The smallest absolute Gasteiger partial charge is 0.311 e. The van der Waals surface area contributed by atoms with Crippen molar-refractivity contribution < 1.29 is 9.66 Å². The monoisotopic (exact) mass is 427 g/mol. The molecule has 11 heteroatoms. The SMILES string of the molecule is NCCOc1cc2ncnc(Nc3cc(Cl)c(Cl)cc3Cl)c2cc1[N+](=O)[O-]. The Hall–Kier alpha value is -2.39. The highest BCUT2D eigenvalue weighted by Gasteiger charge is 2.19. The van der Waals surface area contributed by atoms with E-state index in [4.69, 9.17) is 45.3 Å². The van der Waals surface area contributed by atoms with E-state index in [1.807, 2.05) is 0 Å². The number of nitrogens with two attached hydrogens (primary N) is 1. The van der Waals surface area contributed by atoms with Crippen LogP contribution in [-0.2, 0) is 0 Å². The fourth-order valence-electron chi connectivity index (χ4n) is 2.35. The molecule has 0 unspecified atom stereocenters. The van der Waals surface area contributed by atoms with Crippen molar-refractivity contribution in [2.24, 2.45) is 5.73 Å². The first-order valence-electron chi connectivity index (χ1n) is 7.58. The number of ether oxygens (including phenoxy) is 1. The van der Waals surface area contributed by atoms with Crippen molar-refractivity contribution in [3.63, 3.8) is 0 Å². The molecule has 0 aliphatic heterocycles. The molecule has 0 amide bonds. The maximum atomic E-state index is 11.4. The lowest BCUT2D eigenvalue weighted by atomic mass is 10.2. The van der Waals surface area contributed by atoms with E-state index in [1.165, 1.54) is 30.6 Å². The molecule has 0 bridgehead atoms. The molecule has 140 valence electrons. The van der Waals surface area contributed by atoms with Crippen LogP contribution in [0.2, 0.25) is 15.1 Å². The van der Waals surface area contributed by atoms with Gasteiger partial charge in [0.1, 0.15) is 18.8 Å². The summed E-state index contributed by atoms with van der Waals surface area (Å²) < 4.78 is 5.36. The van der Waals surface area contributed by atoms with Gasteiger partial charge in [0.2, 0.25) is 0 Å². The Morgan fingerprint density at radius 3 is 2.56 bits per heavy atom. The van der Waals surface area contributed by atoms with E-state index in [0.717, 1.165) is 0 Å². The Morgan fingerprint density at radius 1 is 1.11 bits per heavy atom. The van der Waals surface area contributed by atoms with E-state index in [2.05, 4.69) is 15.3 Å². The van der Waals surface area contributed by atoms with Gasteiger partial charge in [-0.2, -0.15) is 0 Å². The Bertz CT molecular complexity index is 1030. The largest absolute Gasteiger partial charge is 0.485 e. The Kier molecular flexibility index (Phi) is 5.81. The molecule has 0 radical (unpaired) electrons. The molecule has 0 fully saturated rings. The normalized spacial score (nSPS) is 10.8. The second-order valence-electron chi connectivity index (χ2n) is 5.32. The summed E-state index contributed by atoms with van der Waals surface area (Å²) in [6.07, 6.45) is 1.31. The third-order valence-electron chi connectivity index (χ3n) is 3.55. The first-order chi connectivity index (χ1) is 12.9. The van der Waals surface area contributed by atoms with Crippen LogP contribution in [-0.4, -0.2) is 28.0 Å². The molecular formula is C16H12Cl3N5O3. The van der Waals surface area contributed by atoms with Crippen LogP contribution in [0.1, 0.15) is 0 Å². The van der Waals surface area contributed by atoms with Crippen molar-refractivity contribution in [2.45, 2.75) is 0 Å². The van der Waals surface area contributed by atoms with Crippen molar-refractivity contribution >= 4 is 62.9 Å². The molecule has 3 aromatic rings. The molecule has 0 aliphatic rings. The quantitative estimate of drug-likeness (QED) is 0.335. The third kappa shape index (κ3) is 4.14. The number of fused-ring (bicyclic) bond motifs is 1. The van der Waals surface area contributed by atoms with Gasteiger partial charge in [-0.1, -0.05) is 34.8 Å². The second-order valence-corrected chi connectivity index (χ2v) is 6.55. The Balaban J connectivity index is 2.10. The van der Waals surface area contributed by atoms with Crippen LogP contribution in [0.5, 0.6) is 5.75 Å². The number of nitro groups is 1. The van der Waals surface area contributed by atoms with Crippen molar-refractivity contribution in [1.29, 1.82) is 0 Å². The summed E-state index contributed by atoms with van der Waals surface area (Å²) in [5, 5.41) is 15.7. The van der Waals surface area contributed by atoms with Gasteiger partial charge in [-0.3, -0.25) is 10.1 Å². The van der Waals surface area contributed by atoms with Crippen LogP contribution >= 0.6 is 34.8 Å². The first-order valence-corrected chi connectivity index (χ1v) is 8.71. The van der Waals surface area contributed by atoms with Gasteiger partial charge in [0.25, 0.3) is 0 Å².